The Bertz CT molecular complexity index is 2250. The Kier molecular flexibility index (Phi) is 10.2. The first-order valence-electron chi connectivity index (χ1n) is 19.6. The molecule has 0 aliphatic heterocycles. The van der Waals surface area contributed by atoms with Crippen LogP contribution in [0.1, 0.15) is 115 Å². The van der Waals surface area contributed by atoms with Gasteiger partial charge in [-0.15, -0.1) is 0 Å². The molecular weight excluding hydrogens is 637 g/mol. The first-order valence-corrected chi connectivity index (χ1v) is 19.6. The number of ether oxygens (including phenoxy) is 1. The number of para-hydroxylation sites is 1. The van der Waals surface area contributed by atoms with Crippen molar-refractivity contribution >= 4 is 21.8 Å². The minimum atomic E-state index is 0.328. The van der Waals surface area contributed by atoms with Crippen molar-refractivity contribution in [3.63, 3.8) is 0 Å². The highest BCUT2D eigenvalue weighted by atomic mass is 16.5. The van der Waals surface area contributed by atoms with Crippen LogP contribution in [0.15, 0.2) is 90.6 Å². The molecule has 0 N–H and O–H groups in total. The highest BCUT2D eigenvalue weighted by Crippen LogP contribution is 2.44. The second-order valence-corrected chi connectivity index (χ2v) is 16.2. The number of benzene rings is 3. The van der Waals surface area contributed by atoms with E-state index in [9.17, 15) is 0 Å². The molecule has 0 amide bonds. The van der Waals surface area contributed by atoms with Crippen molar-refractivity contribution in [1.29, 1.82) is 0 Å². The van der Waals surface area contributed by atoms with Crippen LogP contribution >= 0.6 is 0 Å². The molecular formula is C47H56N4O. The van der Waals surface area contributed by atoms with Crippen LogP contribution in [0.5, 0.6) is 11.5 Å². The Balaban J connectivity index is 1.34. The molecule has 1 aliphatic rings. The van der Waals surface area contributed by atoms with Crippen LogP contribution in [0.4, 0.5) is 0 Å². The van der Waals surface area contributed by atoms with Gasteiger partial charge in [-0.3, -0.25) is 4.57 Å². The van der Waals surface area contributed by atoms with Gasteiger partial charge in [0.2, 0.25) is 0 Å². The van der Waals surface area contributed by atoms with Crippen LogP contribution in [-0.4, -0.2) is 19.3 Å². The van der Waals surface area contributed by atoms with Gasteiger partial charge in [-0.25, -0.2) is 9.67 Å². The van der Waals surface area contributed by atoms with E-state index in [1.165, 1.54) is 45.2 Å². The summed E-state index contributed by atoms with van der Waals surface area (Å²) in [5, 5.41) is 7.72. The lowest BCUT2D eigenvalue weighted by atomic mass is 9.72. The molecule has 3 atom stereocenters. The molecule has 1 unspecified atom stereocenters. The van der Waals surface area contributed by atoms with E-state index in [-0.39, 0.29) is 0 Å². The quantitative estimate of drug-likeness (QED) is 0.127. The van der Waals surface area contributed by atoms with E-state index in [2.05, 4.69) is 150 Å². The van der Waals surface area contributed by atoms with Crippen LogP contribution in [0.2, 0.25) is 0 Å². The van der Waals surface area contributed by atoms with E-state index >= 15 is 0 Å². The molecule has 0 fully saturated rings. The second-order valence-electron chi connectivity index (χ2n) is 16.2. The minimum absolute atomic E-state index is 0.328. The molecule has 0 saturated heterocycles. The van der Waals surface area contributed by atoms with Gasteiger partial charge in [0.05, 0.1) is 22.4 Å². The first-order chi connectivity index (χ1) is 25.0. The zero-order valence-electron chi connectivity index (χ0n) is 32.7. The molecule has 3 aromatic carbocycles. The zero-order valence-corrected chi connectivity index (χ0v) is 32.7. The van der Waals surface area contributed by atoms with Gasteiger partial charge in [-0.05, 0) is 117 Å². The van der Waals surface area contributed by atoms with Crippen molar-refractivity contribution in [3.8, 4) is 23.0 Å². The number of aryl methyl sites for hydroxylation is 2. The third-order valence-corrected chi connectivity index (χ3v) is 11.1. The van der Waals surface area contributed by atoms with Gasteiger partial charge < -0.3 is 4.74 Å². The number of pyridine rings is 1. The molecule has 0 radical (unpaired) electrons. The fourth-order valence-electron chi connectivity index (χ4n) is 8.72. The van der Waals surface area contributed by atoms with Gasteiger partial charge >= 0.3 is 0 Å². The smallest absolute Gasteiger partial charge is 0.137 e. The molecule has 0 spiro atoms. The molecule has 5 heteroatoms. The number of aromatic nitrogens is 4. The van der Waals surface area contributed by atoms with Gasteiger partial charge in [-0.2, -0.15) is 5.10 Å². The summed E-state index contributed by atoms with van der Waals surface area (Å²) in [6.45, 7) is 20.7. The number of hydrogen-bond donors (Lipinski definition) is 0. The Labute approximate surface area is 310 Å². The van der Waals surface area contributed by atoms with Crippen molar-refractivity contribution in [2.45, 2.75) is 106 Å². The first kappa shape index (κ1) is 35.7. The topological polar surface area (TPSA) is 44.9 Å². The molecule has 52 heavy (non-hydrogen) atoms. The van der Waals surface area contributed by atoms with Gasteiger partial charge in [0.25, 0.3) is 0 Å². The van der Waals surface area contributed by atoms with E-state index in [1.54, 1.807) is 0 Å². The molecule has 3 heterocycles. The maximum absolute atomic E-state index is 6.84. The highest BCUT2D eigenvalue weighted by molar-refractivity contribution is 6.09. The lowest BCUT2D eigenvalue weighted by Crippen LogP contribution is -2.21. The molecule has 3 aromatic heterocycles. The summed E-state index contributed by atoms with van der Waals surface area (Å²) in [5.74, 6) is 5.08. The van der Waals surface area contributed by atoms with Crippen LogP contribution in [0.25, 0.3) is 33.3 Å². The van der Waals surface area contributed by atoms with E-state index < -0.39 is 0 Å². The highest BCUT2D eigenvalue weighted by Gasteiger charge is 2.32. The zero-order chi connectivity index (χ0) is 36.7. The Hall–Kier alpha value is -4.64. The van der Waals surface area contributed by atoms with Crippen LogP contribution < -0.4 is 4.74 Å². The van der Waals surface area contributed by atoms with Gasteiger partial charge in [0.1, 0.15) is 17.3 Å². The number of nitrogens with zero attached hydrogens (tertiary/aromatic N) is 4. The molecule has 270 valence electrons. The third-order valence-electron chi connectivity index (χ3n) is 11.1. The second kappa shape index (κ2) is 14.8. The van der Waals surface area contributed by atoms with Crippen molar-refractivity contribution in [1.82, 2.24) is 19.3 Å². The Morgan fingerprint density at radius 1 is 0.846 bits per heavy atom. The summed E-state index contributed by atoms with van der Waals surface area (Å²) < 4.78 is 11.4. The van der Waals surface area contributed by atoms with Gasteiger partial charge in [0.15, 0.2) is 0 Å². The van der Waals surface area contributed by atoms with E-state index in [4.69, 9.17) is 14.8 Å². The normalized spacial score (nSPS) is 17.8. The lowest BCUT2D eigenvalue weighted by Gasteiger charge is -2.33. The Morgan fingerprint density at radius 2 is 1.63 bits per heavy atom. The maximum Gasteiger partial charge on any atom is 0.137 e. The van der Waals surface area contributed by atoms with Crippen molar-refractivity contribution < 1.29 is 4.74 Å². The third kappa shape index (κ3) is 6.95. The van der Waals surface area contributed by atoms with Crippen molar-refractivity contribution in [2.24, 2.45) is 17.8 Å². The molecule has 1 aliphatic carbocycles. The predicted octanol–water partition coefficient (Wildman–Crippen LogP) is 12.8. The summed E-state index contributed by atoms with van der Waals surface area (Å²) in [5.41, 5.74) is 11.2. The van der Waals surface area contributed by atoms with Crippen molar-refractivity contribution in [2.75, 3.05) is 0 Å². The van der Waals surface area contributed by atoms with Crippen LogP contribution in [0, 0.1) is 24.7 Å². The van der Waals surface area contributed by atoms with E-state index in [1.807, 2.05) is 6.20 Å². The summed E-state index contributed by atoms with van der Waals surface area (Å²) >= 11 is 0. The largest absolute Gasteiger partial charge is 0.457 e. The standard InChI is InChI=1S/C47H56N4O/c1-10-13-35-20-21-48-45(24-35)50-42-15-12-11-14-40(42)41-18-17-38(28-44(41)50)52-39-26-36(30(4)5)25-37(27-39)51-43(19-16-29(2)3)47(34(9)49-51)46-32(7)22-31(6)23-33(46)8/h11-12,14-15,17-18,20-22,24-31,33,46H,10,13,16,19,23H2,1-9H3/t31-,33?,46-/m0/s1. The maximum atomic E-state index is 6.84. The van der Waals surface area contributed by atoms with E-state index in [0.29, 0.717) is 29.6 Å². The van der Waals surface area contributed by atoms with Crippen LogP contribution in [0.3, 0.4) is 0 Å². The van der Waals surface area contributed by atoms with Crippen molar-refractivity contribution in [3.05, 3.63) is 119 Å². The Morgan fingerprint density at radius 3 is 2.38 bits per heavy atom. The van der Waals surface area contributed by atoms with Gasteiger partial charge in [0, 0.05) is 46.3 Å². The number of fused-ring (bicyclic) bond motifs is 3. The summed E-state index contributed by atoms with van der Waals surface area (Å²) in [6, 6.07) is 26.1. The minimum Gasteiger partial charge on any atom is -0.457 e. The number of hydrogen-bond acceptors (Lipinski definition) is 3. The summed E-state index contributed by atoms with van der Waals surface area (Å²) in [7, 11) is 0. The summed E-state index contributed by atoms with van der Waals surface area (Å²) in [6.07, 6.45) is 9.88. The fourth-order valence-corrected chi connectivity index (χ4v) is 8.72. The SMILES string of the molecule is CCCc1ccnc(-n2c3ccccc3c3ccc(Oc4cc(C(C)C)cc(-n5nc(C)c([C@H]6C(C)=C[C@H](C)CC6C)c5CCC(C)C)c4)cc32)c1. The van der Waals surface area contributed by atoms with Gasteiger partial charge in [-0.1, -0.05) is 84.7 Å². The molecule has 7 rings (SSSR count). The average Bonchev–Trinajstić information content (AvgIpc) is 3.61. The lowest BCUT2D eigenvalue weighted by molar-refractivity contribution is 0.389. The monoisotopic (exact) mass is 692 g/mol. The average molecular weight is 693 g/mol. The fraction of sp³-hybridized carbons (Fsp3) is 0.404. The molecule has 6 aromatic rings. The predicted molar refractivity (Wildman–Crippen MR) is 218 cm³/mol. The molecule has 5 nitrogen and oxygen atoms in total. The van der Waals surface area contributed by atoms with Crippen LogP contribution in [-0.2, 0) is 12.8 Å². The molecule has 0 bridgehead atoms. The summed E-state index contributed by atoms with van der Waals surface area (Å²) in [4.78, 5) is 4.85. The molecule has 0 saturated carbocycles. The van der Waals surface area contributed by atoms with E-state index in [0.717, 1.165) is 65.4 Å². The number of allylic oxidation sites excluding steroid dienone is 2. The number of rotatable bonds is 11.